The highest BCUT2D eigenvalue weighted by atomic mass is 19.4. The van der Waals surface area contributed by atoms with E-state index in [-0.39, 0.29) is 25.6 Å². The first kappa shape index (κ1) is 28.3. The van der Waals surface area contributed by atoms with Crippen LogP contribution in [-0.2, 0) is 17.1 Å². The zero-order chi connectivity index (χ0) is 27.8. The van der Waals surface area contributed by atoms with Gasteiger partial charge in [-0.25, -0.2) is 4.79 Å². The Labute approximate surface area is 210 Å². The molecular formula is C26H28F6N2O3. The maximum atomic E-state index is 13.3. The molecule has 0 bridgehead atoms. The van der Waals surface area contributed by atoms with Gasteiger partial charge in [-0.1, -0.05) is 24.3 Å². The molecule has 2 unspecified atom stereocenters. The van der Waals surface area contributed by atoms with E-state index in [0.29, 0.717) is 12.1 Å². The number of nitrogens with one attached hydrogen (secondary N) is 1. The van der Waals surface area contributed by atoms with E-state index >= 15 is 0 Å². The number of hydrogen-bond acceptors (Lipinski definition) is 3. The van der Waals surface area contributed by atoms with Crippen molar-refractivity contribution in [3.8, 4) is 0 Å². The lowest BCUT2D eigenvalue weighted by Crippen LogP contribution is -2.52. The zero-order valence-electron chi connectivity index (χ0n) is 20.8. The minimum atomic E-state index is -5.07. The normalized spacial score (nSPS) is 18.9. The van der Waals surface area contributed by atoms with E-state index in [1.807, 2.05) is 25.1 Å². The molecule has 0 saturated carbocycles. The molecule has 2 aromatic rings. The van der Waals surface area contributed by atoms with E-state index in [1.165, 1.54) is 4.90 Å². The van der Waals surface area contributed by atoms with E-state index < -0.39 is 58.6 Å². The van der Waals surface area contributed by atoms with Crippen LogP contribution >= 0.6 is 0 Å². The van der Waals surface area contributed by atoms with Crippen molar-refractivity contribution in [3.63, 3.8) is 0 Å². The summed E-state index contributed by atoms with van der Waals surface area (Å²) in [5.74, 6) is -1.54. The van der Waals surface area contributed by atoms with Crippen LogP contribution in [0.5, 0.6) is 0 Å². The molecular weight excluding hydrogens is 502 g/mol. The molecule has 2 amide bonds. The Morgan fingerprint density at radius 2 is 1.51 bits per heavy atom. The van der Waals surface area contributed by atoms with Crippen LogP contribution < -0.4 is 5.32 Å². The van der Waals surface area contributed by atoms with Crippen LogP contribution in [0.1, 0.15) is 65.7 Å². The van der Waals surface area contributed by atoms with Crippen LogP contribution in [0.15, 0.2) is 42.5 Å². The molecule has 1 aliphatic rings. The maximum absolute atomic E-state index is 13.3. The minimum absolute atomic E-state index is 0.0216. The topological polar surface area (TPSA) is 58.6 Å². The molecule has 0 aromatic heterocycles. The van der Waals surface area contributed by atoms with Crippen LogP contribution in [0.3, 0.4) is 0 Å². The Kier molecular flexibility index (Phi) is 7.85. The Hall–Kier alpha value is -3.24. The highest BCUT2D eigenvalue weighted by Crippen LogP contribution is 2.37. The summed E-state index contributed by atoms with van der Waals surface area (Å²) in [5.41, 5.74) is -2.97. The minimum Gasteiger partial charge on any atom is -0.444 e. The quantitative estimate of drug-likeness (QED) is 0.458. The lowest BCUT2D eigenvalue weighted by Gasteiger charge is -2.40. The second kappa shape index (κ2) is 10.3. The first-order valence-electron chi connectivity index (χ1n) is 11.6. The third-order valence-electron chi connectivity index (χ3n) is 6.02. The Bertz CT molecular complexity index is 1120. The first-order chi connectivity index (χ1) is 17.0. The number of ether oxygens (including phenoxy) is 1. The number of likely N-dealkylation sites (tertiary alicyclic amines) is 1. The van der Waals surface area contributed by atoms with Crippen molar-refractivity contribution in [2.75, 3.05) is 13.1 Å². The predicted octanol–water partition coefficient (Wildman–Crippen LogP) is 6.56. The smallest absolute Gasteiger partial charge is 0.416 e. The van der Waals surface area contributed by atoms with Crippen molar-refractivity contribution in [2.24, 2.45) is 0 Å². The molecule has 3 rings (SSSR count). The molecule has 1 fully saturated rings. The largest absolute Gasteiger partial charge is 0.444 e. The summed E-state index contributed by atoms with van der Waals surface area (Å²) in [4.78, 5) is 27.2. The molecule has 202 valence electrons. The van der Waals surface area contributed by atoms with Crippen molar-refractivity contribution in [2.45, 2.75) is 64.0 Å². The van der Waals surface area contributed by atoms with Gasteiger partial charge in [-0.3, -0.25) is 4.79 Å². The van der Waals surface area contributed by atoms with Gasteiger partial charge in [0.2, 0.25) is 0 Å². The zero-order valence-corrected chi connectivity index (χ0v) is 20.8. The van der Waals surface area contributed by atoms with E-state index in [0.717, 1.165) is 11.1 Å². The number of aryl methyl sites for hydroxylation is 1. The van der Waals surface area contributed by atoms with Gasteiger partial charge in [-0.15, -0.1) is 0 Å². The fourth-order valence-electron chi connectivity index (χ4n) is 4.27. The monoisotopic (exact) mass is 530 g/mol. The molecule has 2 aromatic carbocycles. The maximum Gasteiger partial charge on any atom is 0.416 e. The number of carbonyl (C=O) groups excluding carboxylic acids is 2. The number of nitrogens with zero attached hydrogens (tertiary/aromatic N) is 1. The number of piperidine rings is 1. The van der Waals surface area contributed by atoms with Gasteiger partial charge in [0, 0.05) is 30.6 Å². The third kappa shape index (κ3) is 7.17. The van der Waals surface area contributed by atoms with E-state index in [1.54, 1.807) is 26.8 Å². The number of halogens is 6. The number of hydrogen-bond donors (Lipinski definition) is 1. The number of benzene rings is 2. The highest BCUT2D eigenvalue weighted by Gasteiger charge is 2.39. The summed E-state index contributed by atoms with van der Waals surface area (Å²) < 4.78 is 85.1. The fraction of sp³-hybridized carbons (Fsp3) is 0.462. The SMILES string of the molecule is Cc1ccccc1C1CN(C(=O)OC(C)(C)C)CCC1NC(=O)c1cc(C(F)(F)F)cc(C(F)(F)F)c1. The van der Waals surface area contributed by atoms with Gasteiger partial charge in [0.25, 0.3) is 5.91 Å². The standard InChI is InChI=1S/C26H28F6N2O3/c1-15-7-5-6-8-19(15)20-14-34(23(36)37-24(2,3)4)10-9-21(20)33-22(35)16-11-17(25(27,28)29)13-18(12-16)26(30,31)32/h5-8,11-13,20-21H,9-10,14H2,1-4H3,(H,33,35). The van der Waals surface area contributed by atoms with Gasteiger partial charge < -0.3 is 15.0 Å². The van der Waals surface area contributed by atoms with E-state index in [9.17, 15) is 35.9 Å². The summed E-state index contributed by atoms with van der Waals surface area (Å²) >= 11 is 0. The Balaban J connectivity index is 1.93. The molecule has 0 aliphatic carbocycles. The van der Waals surface area contributed by atoms with Crippen molar-refractivity contribution in [1.29, 1.82) is 0 Å². The molecule has 0 radical (unpaired) electrons. The van der Waals surface area contributed by atoms with Gasteiger partial charge >= 0.3 is 18.4 Å². The molecule has 1 N–H and O–H groups in total. The van der Waals surface area contributed by atoms with Crippen LogP contribution in [0.2, 0.25) is 0 Å². The lowest BCUT2D eigenvalue weighted by atomic mass is 9.83. The van der Waals surface area contributed by atoms with Gasteiger partial charge in [0.15, 0.2) is 0 Å². The van der Waals surface area contributed by atoms with Gasteiger partial charge in [0.1, 0.15) is 5.60 Å². The predicted molar refractivity (Wildman–Crippen MR) is 124 cm³/mol. The lowest BCUT2D eigenvalue weighted by molar-refractivity contribution is -0.143. The first-order valence-corrected chi connectivity index (χ1v) is 11.6. The molecule has 11 heteroatoms. The van der Waals surface area contributed by atoms with Crippen LogP contribution in [-0.4, -0.2) is 41.6 Å². The number of alkyl halides is 6. The van der Waals surface area contributed by atoms with Crippen LogP contribution in [0.25, 0.3) is 0 Å². The third-order valence-corrected chi connectivity index (χ3v) is 6.02. The van der Waals surface area contributed by atoms with Crippen molar-refractivity contribution >= 4 is 12.0 Å². The molecule has 1 saturated heterocycles. The molecule has 1 heterocycles. The summed E-state index contributed by atoms with van der Waals surface area (Å²) in [6, 6.07) is 7.36. The van der Waals surface area contributed by atoms with Crippen molar-refractivity contribution in [1.82, 2.24) is 10.2 Å². The number of amides is 2. The molecule has 5 nitrogen and oxygen atoms in total. The average molecular weight is 531 g/mol. The highest BCUT2D eigenvalue weighted by molar-refractivity contribution is 5.95. The number of carbonyl (C=O) groups is 2. The second-order valence-corrected chi connectivity index (χ2v) is 10.1. The Morgan fingerprint density at radius 1 is 0.946 bits per heavy atom. The second-order valence-electron chi connectivity index (χ2n) is 10.1. The van der Waals surface area contributed by atoms with Gasteiger partial charge in [0.05, 0.1) is 11.1 Å². The van der Waals surface area contributed by atoms with Crippen molar-refractivity contribution in [3.05, 3.63) is 70.3 Å². The van der Waals surface area contributed by atoms with E-state index in [2.05, 4.69) is 5.32 Å². The summed E-state index contributed by atoms with van der Waals surface area (Å²) in [7, 11) is 0. The van der Waals surface area contributed by atoms with Gasteiger partial charge in [-0.2, -0.15) is 26.3 Å². The summed E-state index contributed by atoms with van der Waals surface area (Å²) in [5, 5.41) is 2.62. The number of rotatable bonds is 3. The Morgan fingerprint density at radius 3 is 2.03 bits per heavy atom. The fourth-order valence-corrected chi connectivity index (χ4v) is 4.27. The van der Waals surface area contributed by atoms with Crippen LogP contribution in [0, 0.1) is 6.92 Å². The summed E-state index contributed by atoms with van der Waals surface area (Å²) in [6.07, 6.45) is -10.5. The molecule has 37 heavy (non-hydrogen) atoms. The molecule has 2 atom stereocenters. The molecule has 0 spiro atoms. The van der Waals surface area contributed by atoms with E-state index in [4.69, 9.17) is 4.74 Å². The summed E-state index contributed by atoms with van der Waals surface area (Å²) in [6.45, 7) is 7.33. The average Bonchev–Trinajstić information content (AvgIpc) is 2.77. The van der Waals surface area contributed by atoms with Crippen molar-refractivity contribution < 1.29 is 40.7 Å². The molecule has 1 aliphatic heterocycles. The van der Waals surface area contributed by atoms with Crippen LogP contribution in [0.4, 0.5) is 31.1 Å². The van der Waals surface area contributed by atoms with Gasteiger partial charge in [-0.05, 0) is 63.4 Å².